The van der Waals surface area contributed by atoms with E-state index in [2.05, 4.69) is 10.6 Å². The van der Waals surface area contributed by atoms with Gasteiger partial charge in [0.05, 0.1) is 4.90 Å². The number of sulfonamides is 1. The Bertz CT molecular complexity index is 848. The van der Waals surface area contributed by atoms with Crippen molar-refractivity contribution in [3.63, 3.8) is 0 Å². The molecule has 0 aromatic heterocycles. The third kappa shape index (κ3) is 7.47. The van der Waals surface area contributed by atoms with Crippen molar-refractivity contribution < 1.29 is 18.0 Å². The molecule has 0 bridgehead atoms. The van der Waals surface area contributed by atoms with E-state index < -0.39 is 16.1 Å². The molecular formula is C22H34ClN3O4S. The first-order valence-electron chi connectivity index (χ1n) is 10.8. The average molecular weight is 472 g/mol. The van der Waals surface area contributed by atoms with Crippen molar-refractivity contribution in [1.82, 2.24) is 14.9 Å². The molecular weight excluding hydrogens is 438 g/mol. The molecule has 0 saturated carbocycles. The standard InChI is InChI=1S/C22H34ClN3O4S/c1-15(2)13-20(27)25-21(22(28)24-14-16(3)4)17-9-11-26(12-10-17)31(29,30)19-7-5-18(23)6-8-19/h5-8,15-17,21H,9-14H2,1-4H3,(H,24,28)(H,25,27). The van der Waals surface area contributed by atoms with Crippen molar-refractivity contribution >= 4 is 33.4 Å². The van der Waals surface area contributed by atoms with Crippen molar-refractivity contribution in [2.45, 2.75) is 57.9 Å². The van der Waals surface area contributed by atoms with Crippen LogP contribution in [-0.2, 0) is 19.6 Å². The van der Waals surface area contributed by atoms with Crippen molar-refractivity contribution in [3.05, 3.63) is 29.3 Å². The lowest BCUT2D eigenvalue weighted by Gasteiger charge is -2.35. The molecule has 1 atom stereocenters. The van der Waals surface area contributed by atoms with Gasteiger partial charge < -0.3 is 10.6 Å². The topological polar surface area (TPSA) is 95.6 Å². The van der Waals surface area contributed by atoms with E-state index in [1.807, 2.05) is 27.7 Å². The van der Waals surface area contributed by atoms with Gasteiger partial charge in [-0.3, -0.25) is 9.59 Å². The molecule has 0 aliphatic carbocycles. The number of nitrogens with zero attached hydrogens (tertiary/aromatic N) is 1. The second kappa shape index (κ2) is 11.3. The van der Waals surface area contributed by atoms with Crippen molar-refractivity contribution in [2.75, 3.05) is 19.6 Å². The molecule has 0 spiro atoms. The van der Waals surface area contributed by atoms with Crippen LogP contribution in [0.4, 0.5) is 0 Å². The summed E-state index contributed by atoms with van der Waals surface area (Å²) in [7, 11) is -3.62. The summed E-state index contributed by atoms with van der Waals surface area (Å²) < 4.78 is 27.3. The minimum absolute atomic E-state index is 0.125. The Morgan fingerprint density at radius 3 is 2.16 bits per heavy atom. The molecule has 1 heterocycles. The molecule has 1 unspecified atom stereocenters. The molecule has 1 fully saturated rings. The molecule has 7 nitrogen and oxygen atoms in total. The molecule has 174 valence electrons. The number of nitrogens with one attached hydrogen (secondary N) is 2. The van der Waals surface area contributed by atoms with Gasteiger partial charge in [0, 0.05) is 31.1 Å². The highest BCUT2D eigenvalue weighted by Gasteiger charge is 2.36. The highest BCUT2D eigenvalue weighted by Crippen LogP contribution is 2.27. The van der Waals surface area contributed by atoms with Gasteiger partial charge in [-0.15, -0.1) is 0 Å². The van der Waals surface area contributed by atoms with Gasteiger partial charge in [0.2, 0.25) is 21.8 Å². The summed E-state index contributed by atoms with van der Waals surface area (Å²) in [6, 6.07) is 5.45. The Morgan fingerprint density at radius 1 is 1.06 bits per heavy atom. The van der Waals surface area contributed by atoms with Crippen LogP contribution in [0, 0.1) is 17.8 Å². The summed E-state index contributed by atoms with van der Waals surface area (Å²) in [6.45, 7) is 9.03. The fourth-order valence-electron chi connectivity index (χ4n) is 3.62. The first kappa shape index (κ1) is 25.6. The monoisotopic (exact) mass is 471 g/mol. The van der Waals surface area contributed by atoms with E-state index in [4.69, 9.17) is 11.6 Å². The van der Waals surface area contributed by atoms with Crippen LogP contribution in [-0.4, -0.2) is 50.2 Å². The van der Waals surface area contributed by atoms with Crippen molar-refractivity contribution in [3.8, 4) is 0 Å². The number of hydrogen-bond donors (Lipinski definition) is 2. The number of halogens is 1. The first-order chi connectivity index (χ1) is 14.5. The Kier molecular flexibility index (Phi) is 9.33. The summed E-state index contributed by atoms with van der Waals surface area (Å²) >= 11 is 5.87. The summed E-state index contributed by atoms with van der Waals surface area (Å²) in [5, 5.41) is 6.29. The van der Waals surface area contributed by atoms with E-state index in [0.717, 1.165) is 0 Å². The lowest BCUT2D eigenvalue weighted by atomic mass is 9.89. The van der Waals surface area contributed by atoms with Crippen molar-refractivity contribution in [2.24, 2.45) is 17.8 Å². The molecule has 2 N–H and O–H groups in total. The van der Waals surface area contributed by atoms with E-state index in [0.29, 0.717) is 49.8 Å². The molecule has 1 aliphatic rings. The van der Waals surface area contributed by atoms with Crippen LogP contribution in [0.2, 0.25) is 5.02 Å². The van der Waals surface area contributed by atoms with Gasteiger partial charge in [-0.1, -0.05) is 39.3 Å². The summed E-state index contributed by atoms with van der Waals surface area (Å²) in [5.41, 5.74) is 0. The maximum Gasteiger partial charge on any atom is 0.243 e. The van der Waals surface area contributed by atoms with Gasteiger partial charge in [-0.2, -0.15) is 4.31 Å². The number of hydrogen-bond acceptors (Lipinski definition) is 4. The summed E-state index contributed by atoms with van der Waals surface area (Å²) in [5.74, 6) is -0.00579. The van der Waals surface area contributed by atoms with Gasteiger partial charge in [0.25, 0.3) is 0 Å². The minimum atomic E-state index is -3.62. The first-order valence-corrected chi connectivity index (χ1v) is 12.6. The van der Waals surface area contributed by atoms with Crippen LogP contribution in [0.5, 0.6) is 0 Å². The smallest absolute Gasteiger partial charge is 0.243 e. The van der Waals surface area contributed by atoms with Gasteiger partial charge in [-0.05, 0) is 54.9 Å². The Hall–Kier alpha value is -1.64. The zero-order chi connectivity index (χ0) is 23.2. The van der Waals surface area contributed by atoms with Gasteiger partial charge in [-0.25, -0.2) is 8.42 Å². The predicted octanol–water partition coefficient (Wildman–Crippen LogP) is 3.04. The Morgan fingerprint density at radius 2 is 1.65 bits per heavy atom. The Balaban J connectivity index is 2.08. The summed E-state index contributed by atoms with van der Waals surface area (Å²) in [4.78, 5) is 25.4. The maximum atomic E-state index is 12.9. The van der Waals surface area contributed by atoms with Gasteiger partial charge in [0.15, 0.2) is 0 Å². The van der Waals surface area contributed by atoms with E-state index in [-0.39, 0.29) is 28.5 Å². The van der Waals surface area contributed by atoms with E-state index in [1.54, 1.807) is 12.1 Å². The van der Waals surface area contributed by atoms with E-state index >= 15 is 0 Å². The third-order valence-electron chi connectivity index (χ3n) is 5.30. The molecule has 31 heavy (non-hydrogen) atoms. The number of amides is 2. The molecule has 1 aromatic rings. The average Bonchev–Trinajstić information content (AvgIpc) is 2.70. The lowest BCUT2D eigenvalue weighted by molar-refractivity contribution is -0.131. The fourth-order valence-corrected chi connectivity index (χ4v) is 5.22. The van der Waals surface area contributed by atoms with Gasteiger partial charge in [0.1, 0.15) is 6.04 Å². The van der Waals surface area contributed by atoms with Crippen molar-refractivity contribution in [1.29, 1.82) is 0 Å². The number of benzene rings is 1. The zero-order valence-electron chi connectivity index (χ0n) is 18.7. The number of carbonyl (C=O) groups excluding carboxylic acids is 2. The molecule has 1 aromatic carbocycles. The van der Waals surface area contributed by atoms with Crippen LogP contribution in [0.25, 0.3) is 0 Å². The van der Waals surface area contributed by atoms with E-state index in [9.17, 15) is 18.0 Å². The number of rotatable bonds is 9. The number of carbonyl (C=O) groups is 2. The third-order valence-corrected chi connectivity index (χ3v) is 7.46. The van der Waals surface area contributed by atoms with Crippen LogP contribution < -0.4 is 10.6 Å². The molecule has 1 aliphatic heterocycles. The fraction of sp³-hybridized carbons (Fsp3) is 0.636. The second-order valence-corrected chi connectivity index (χ2v) is 11.4. The van der Waals surface area contributed by atoms with Crippen LogP contribution >= 0.6 is 11.6 Å². The molecule has 2 rings (SSSR count). The molecule has 9 heteroatoms. The van der Waals surface area contributed by atoms with Gasteiger partial charge >= 0.3 is 0 Å². The quantitative estimate of drug-likeness (QED) is 0.578. The SMILES string of the molecule is CC(C)CNC(=O)C(NC(=O)CC(C)C)C1CCN(S(=O)(=O)c2ccc(Cl)cc2)CC1. The normalized spacial score (nSPS) is 17.0. The summed E-state index contributed by atoms with van der Waals surface area (Å²) in [6.07, 6.45) is 1.33. The number of piperidine rings is 1. The largest absolute Gasteiger partial charge is 0.354 e. The minimum Gasteiger partial charge on any atom is -0.354 e. The maximum absolute atomic E-state index is 12.9. The zero-order valence-corrected chi connectivity index (χ0v) is 20.3. The highest BCUT2D eigenvalue weighted by atomic mass is 35.5. The van der Waals surface area contributed by atoms with Crippen LogP contribution in [0.1, 0.15) is 47.0 Å². The van der Waals surface area contributed by atoms with Crippen LogP contribution in [0.15, 0.2) is 29.2 Å². The van der Waals surface area contributed by atoms with Crippen LogP contribution in [0.3, 0.4) is 0 Å². The second-order valence-electron chi connectivity index (χ2n) is 8.98. The molecule has 2 amide bonds. The lowest BCUT2D eigenvalue weighted by Crippen LogP contribution is -2.54. The Labute approximate surface area is 191 Å². The van der Waals surface area contributed by atoms with E-state index in [1.165, 1.54) is 16.4 Å². The highest BCUT2D eigenvalue weighted by molar-refractivity contribution is 7.89. The predicted molar refractivity (Wildman–Crippen MR) is 122 cm³/mol. The molecule has 1 saturated heterocycles. The molecule has 0 radical (unpaired) electrons.